The summed E-state index contributed by atoms with van der Waals surface area (Å²) >= 11 is 2.34. The van der Waals surface area contributed by atoms with Crippen LogP contribution in [0.25, 0.3) is 0 Å². The Balaban J connectivity index is 1.66. The van der Waals surface area contributed by atoms with E-state index in [1.165, 1.54) is 18.4 Å². The second kappa shape index (κ2) is 10.0. The van der Waals surface area contributed by atoms with Crippen molar-refractivity contribution in [2.24, 2.45) is 0 Å². The third-order valence-corrected chi connectivity index (χ3v) is 8.02. The Labute approximate surface area is 199 Å². The van der Waals surface area contributed by atoms with Gasteiger partial charge in [-0.1, -0.05) is 61.9 Å². The summed E-state index contributed by atoms with van der Waals surface area (Å²) in [5.74, 6) is 0.835. The number of unbranched alkanes of at least 4 members (excludes halogenated alkanes) is 1. The summed E-state index contributed by atoms with van der Waals surface area (Å²) in [6.45, 7) is 2.72. The summed E-state index contributed by atoms with van der Waals surface area (Å²) in [5.41, 5.74) is 4.04. The Bertz CT molecular complexity index is 1060. The predicted molar refractivity (Wildman–Crippen MR) is 136 cm³/mol. The van der Waals surface area contributed by atoms with Crippen molar-refractivity contribution in [3.05, 3.63) is 93.1 Å². The van der Waals surface area contributed by atoms with Crippen LogP contribution in [0.3, 0.4) is 0 Å². The lowest BCUT2D eigenvalue weighted by atomic mass is 10.1. The van der Waals surface area contributed by atoms with Crippen LogP contribution in [-0.4, -0.2) is 17.6 Å². The number of anilines is 1. The minimum absolute atomic E-state index is 0.0123. The van der Waals surface area contributed by atoms with E-state index in [4.69, 9.17) is 4.52 Å². The number of hydrogen-bond donors (Lipinski definition) is 0. The van der Waals surface area contributed by atoms with Crippen molar-refractivity contribution in [3.8, 4) is 5.75 Å². The lowest BCUT2D eigenvalue weighted by molar-refractivity contribution is 0.0847. The number of carbonyl (C=O) groups excluding carboxylic acids is 1. The Hall–Kier alpha value is -2.11. The predicted octanol–water partition coefficient (Wildman–Crippen LogP) is 7.03. The zero-order valence-corrected chi connectivity index (χ0v) is 20.8. The quantitative estimate of drug-likeness (QED) is 0.237. The minimum atomic E-state index is -1.35. The van der Waals surface area contributed by atoms with Gasteiger partial charge in [-0.2, -0.15) is 0 Å². The SMILES string of the molecule is CCCCc1ccc(OP2N(Cc3ccccc3)C(=O)c3ccccc3N2C)c(I)c1. The highest BCUT2D eigenvalue weighted by atomic mass is 127. The van der Waals surface area contributed by atoms with E-state index in [9.17, 15) is 4.79 Å². The van der Waals surface area contributed by atoms with Crippen LogP contribution in [0, 0.1) is 3.57 Å². The molecule has 4 rings (SSSR count). The molecule has 4 nitrogen and oxygen atoms in total. The number of halogens is 1. The van der Waals surface area contributed by atoms with Gasteiger partial charge in [0, 0.05) is 7.05 Å². The molecule has 0 bridgehead atoms. The molecule has 0 radical (unpaired) electrons. The van der Waals surface area contributed by atoms with Gasteiger partial charge in [-0.05, 0) is 70.8 Å². The molecule has 0 N–H and O–H groups in total. The molecule has 0 fully saturated rings. The first-order chi connectivity index (χ1) is 15.1. The van der Waals surface area contributed by atoms with Gasteiger partial charge in [0.2, 0.25) is 0 Å². The van der Waals surface area contributed by atoms with Crippen molar-refractivity contribution < 1.29 is 9.32 Å². The second-order valence-corrected chi connectivity index (χ2v) is 10.5. The highest BCUT2D eigenvalue weighted by Gasteiger charge is 2.39. The van der Waals surface area contributed by atoms with Gasteiger partial charge in [0.25, 0.3) is 5.91 Å². The number of rotatable bonds is 7. The van der Waals surface area contributed by atoms with Crippen LogP contribution in [0.5, 0.6) is 5.75 Å². The van der Waals surface area contributed by atoms with E-state index in [-0.39, 0.29) is 5.91 Å². The average molecular weight is 544 g/mol. The fraction of sp³-hybridized carbons (Fsp3) is 0.240. The number of hydrogen-bond acceptors (Lipinski definition) is 3. The van der Waals surface area contributed by atoms with Crippen LogP contribution >= 0.6 is 31.0 Å². The Kier molecular flexibility index (Phi) is 7.13. The molecule has 160 valence electrons. The van der Waals surface area contributed by atoms with E-state index in [1.807, 2.05) is 66.3 Å². The van der Waals surface area contributed by atoms with Crippen molar-refractivity contribution in [3.63, 3.8) is 0 Å². The first-order valence-electron chi connectivity index (χ1n) is 10.5. The van der Waals surface area contributed by atoms with E-state index in [1.54, 1.807) is 0 Å². The fourth-order valence-corrected chi connectivity index (χ4v) is 6.30. The fourth-order valence-electron chi connectivity index (χ4n) is 3.65. The molecular formula is C25H26IN2O2P. The first kappa shape index (κ1) is 22.1. The average Bonchev–Trinajstić information content (AvgIpc) is 2.80. The Morgan fingerprint density at radius 3 is 2.45 bits per heavy atom. The van der Waals surface area contributed by atoms with E-state index in [2.05, 4.69) is 52.4 Å². The number of benzene rings is 3. The molecule has 1 atom stereocenters. The van der Waals surface area contributed by atoms with Gasteiger partial charge in [-0.15, -0.1) is 0 Å². The smallest absolute Gasteiger partial charge is 0.312 e. The molecule has 0 saturated heterocycles. The third kappa shape index (κ3) is 4.88. The normalized spacial score (nSPS) is 15.7. The van der Waals surface area contributed by atoms with E-state index >= 15 is 0 Å². The summed E-state index contributed by atoms with van der Waals surface area (Å²) in [4.78, 5) is 13.5. The molecule has 0 aliphatic carbocycles. The summed E-state index contributed by atoms with van der Waals surface area (Å²) < 4.78 is 11.6. The molecular weight excluding hydrogens is 518 g/mol. The molecule has 1 amide bonds. The van der Waals surface area contributed by atoms with Gasteiger partial charge >= 0.3 is 8.45 Å². The van der Waals surface area contributed by atoms with Crippen molar-refractivity contribution in [1.82, 2.24) is 4.67 Å². The monoisotopic (exact) mass is 544 g/mol. The largest absolute Gasteiger partial charge is 0.435 e. The molecule has 1 aliphatic rings. The number of aryl methyl sites for hydroxylation is 1. The summed E-state index contributed by atoms with van der Waals surface area (Å²) in [7, 11) is 0.665. The third-order valence-electron chi connectivity index (χ3n) is 5.35. The van der Waals surface area contributed by atoms with Crippen LogP contribution in [0.15, 0.2) is 72.8 Å². The molecule has 31 heavy (non-hydrogen) atoms. The molecule has 0 spiro atoms. The van der Waals surface area contributed by atoms with Crippen LogP contribution in [-0.2, 0) is 13.0 Å². The first-order valence-corrected chi connectivity index (χ1v) is 12.8. The number of nitrogens with zero attached hydrogens (tertiary/aromatic N) is 2. The van der Waals surface area contributed by atoms with Crippen molar-refractivity contribution >= 4 is 42.6 Å². The summed E-state index contributed by atoms with van der Waals surface area (Å²) in [5, 5.41) is 0. The lowest BCUT2D eigenvalue weighted by Crippen LogP contribution is -2.38. The lowest BCUT2D eigenvalue weighted by Gasteiger charge is -2.41. The Morgan fingerprint density at radius 2 is 1.71 bits per heavy atom. The maximum atomic E-state index is 13.5. The maximum absolute atomic E-state index is 13.5. The Morgan fingerprint density at radius 1 is 0.968 bits per heavy atom. The van der Waals surface area contributed by atoms with Gasteiger partial charge in [-0.25, -0.2) is 0 Å². The molecule has 6 heteroatoms. The number of fused-ring (bicyclic) bond motifs is 1. The van der Waals surface area contributed by atoms with Crippen LogP contribution in [0.4, 0.5) is 5.69 Å². The summed E-state index contributed by atoms with van der Waals surface area (Å²) in [6.07, 6.45) is 3.44. The molecule has 1 unspecified atom stereocenters. The number of para-hydroxylation sites is 1. The van der Waals surface area contributed by atoms with Crippen molar-refractivity contribution in [2.45, 2.75) is 32.7 Å². The van der Waals surface area contributed by atoms with Gasteiger partial charge < -0.3 is 9.19 Å². The second-order valence-electron chi connectivity index (χ2n) is 7.60. The van der Waals surface area contributed by atoms with Gasteiger partial charge in [0.05, 0.1) is 21.4 Å². The molecule has 0 aromatic heterocycles. The van der Waals surface area contributed by atoms with E-state index in [0.29, 0.717) is 12.1 Å². The van der Waals surface area contributed by atoms with Crippen LogP contribution < -0.4 is 9.19 Å². The standard InChI is InChI=1S/C25H26IN2O2P/c1-3-4-10-19-15-16-24(22(26)17-19)30-31-27(2)23-14-9-8-13-21(23)25(29)28(31)18-20-11-6-5-7-12-20/h5-9,11-17H,3-4,10,18H2,1-2H3. The molecule has 3 aromatic carbocycles. The summed E-state index contributed by atoms with van der Waals surface area (Å²) in [6, 6.07) is 24.3. The van der Waals surface area contributed by atoms with Crippen LogP contribution in [0.1, 0.15) is 41.3 Å². The molecule has 1 aliphatic heterocycles. The highest BCUT2D eigenvalue weighted by molar-refractivity contribution is 14.1. The topological polar surface area (TPSA) is 32.8 Å². The minimum Gasteiger partial charge on any atom is -0.435 e. The highest BCUT2D eigenvalue weighted by Crippen LogP contribution is 2.53. The van der Waals surface area contributed by atoms with E-state index in [0.717, 1.165) is 27.0 Å². The molecule has 1 heterocycles. The number of carbonyl (C=O) groups is 1. The molecule has 0 saturated carbocycles. The number of amides is 1. The van der Waals surface area contributed by atoms with Crippen molar-refractivity contribution in [1.29, 1.82) is 0 Å². The zero-order valence-electron chi connectivity index (χ0n) is 17.8. The maximum Gasteiger partial charge on any atom is 0.312 e. The molecule has 3 aromatic rings. The van der Waals surface area contributed by atoms with E-state index < -0.39 is 8.45 Å². The zero-order chi connectivity index (χ0) is 21.8. The van der Waals surface area contributed by atoms with Gasteiger partial charge in [0.1, 0.15) is 5.75 Å². The van der Waals surface area contributed by atoms with Crippen molar-refractivity contribution in [2.75, 3.05) is 11.7 Å². The van der Waals surface area contributed by atoms with Gasteiger partial charge in [-0.3, -0.25) is 9.46 Å². The van der Waals surface area contributed by atoms with Crippen LogP contribution in [0.2, 0.25) is 0 Å². The van der Waals surface area contributed by atoms with Gasteiger partial charge in [0.15, 0.2) is 0 Å².